The summed E-state index contributed by atoms with van der Waals surface area (Å²) in [7, 11) is 0. The number of para-hydroxylation sites is 2. The van der Waals surface area contributed by atoms with Gasteiger partial charge in [0.15, 0.2) is 0 Å². The van der Waals surface area contributed by atoms with E-state index in [1.165, 1.54) is 18.6 Å². The number of halogens is 1. The van der Waals surface area contributed by atoms with Gasteiger partial charge in [-0.15, -0.1) is 0 Å². The Morgan fingerprint density at radius 3 is 2.42 bits per heavy atom. The fourth-order valence-electron chi connectivity index (χ4n) is 6.66. The van der Waals surface area contributed by atoms with Crippen molar-refractivity contribution in [1.82, 2.24) is 15.2 Å². The van der Waals surface area contributed by atoms with Crippen LogP contribution in [0.4, 0.5) is 14.9 Å². The van der Waals surface area contributed by atoms with Gasteiger partial charge >= 0.3 is 6.03 Å². The van der Waals surface area contributed by atoms with Crippen LogP contribution in [0.15, 0.2) is 72.8 Å². The highest BCUT2D eigenvalue weighted by atomic mass is 19.1. The number of aromatic amines is 1. The molecule has 1 saturated carbocycles. The minimum atomic E-state index is -0.760. The Labute approximate surface area is 231 Å². The number of carbonyl (C=O) groups excluding carboxylic acids is 3. The molecule has 0 spiro atoms. The maximum Gasteiger partial charge on any atom is 0.332 e. The van der Waals surface area contributed by atoms with Crippen LogP contribution in [0.5, 0.6) is 0 Å². The maximum atomic E-state index is 14.2. The molecule has 0 bridgehead atoms. The molecule has 2 fully saturated rings. The molecule has 2 N–H and O–H groups in total. The zero-order valence-corrected chi connectivity index (χ0v) is 21.9. The number of carbonyl (C=O) groups is 3. The average molecular weight is 537 g/mol. The van der Waals surface area contributed by atoms with Crippen LogP contribution in [-0.2, 0) is 11.2 Å². The van der Waals surface area contributed by atoms with Gasteiger partial charge in [-0.3, -0.25) is 14.5 Å². The maximum absolute atomic E-state index is 14.2. The van der Waals surface area contributed by atoms with Gasteiger partial charge in [0.1, 0.15) is 17.9 Å². The van der Waals surface area contributed by atoms with Gasteiger partial charge < -0.3 is 10.3 Å². The number of hydrogen-bond acceptors (Lipinski definition) is 3. The van der Waals surface area contributed by atoms with Gasteiger partial charge in [-0.05, 0) is 54.3 Å². The zero-order chi connectivity index (χ0) is 27.4. The first kappa shape index (κ1) is 24.6. The van der Waals surface area contributed by atoms with Crippen molar-refractivity contribution in [3.8, 4) is 0 Å². The Morgan fingerprint density at radius 1 is 0.900 bits per heavy atom. The first-order valence-electron chi connectivity index (χ1n) is 13.9. The Hall–Kier alpha value is -4.46. The predicted octanol–water partition coefficient (Wildman–Crippen LogP) is 5.85. The SMILES string of the molecule is O=C(NC1CCCCC1)c1ccccc1N1C(=O)[C@@H]2Cc3c([nH]c4ccccc34)[C@H](c3ccc(F)cc3)N2C1=O. The molecule has 7 rings (SSSR count). The van der Waals surface area contributed by atoms with E-state index in [1.807, 2.05) is 24.3 Å². The van der Waals surface area contributed by atoms with Crippen molar-refractivity contribution in [3.05, 3.63) is 101 Å². The summed E-state index contributed by atoms with van der Waals surface area (Å²) in [6.45, 7) is 0. The molecular formula is C32H29FN4O3. The third-order valence-electron chi connectivity index (χ3n) is 8.56. The van der Waals surface area contributed by atoms with Crippen molar-refractivity contribution in [2.24, 2.45) is 0 Å². The number of urea groups is 1. The molecule has 4 amide bonds. The van der Waals surface area contributed by atoms with Crippen LogP contribution in [0.2, 0.25) is 0 Å². The lowest BCUT2D eigenvalue weighted by atomic mass is 9.89. The summed E-state index contributed by atoms with van der Waals surface area (Å²) in [6.07, 6.45) is 5.52. The lowest BCUT2D eigenvalue weighted by Gasteiger charge is -2.36. The van der Waals surface area contributed by atoms with Crippen LogP contribution < -0.4 is 10.2 Å². The molecule has 8 heteroatoms. The van der Waals surface area contributed by atoms with Crippen molar-refractivity contribution in [2.45, 2.75) is 56.7 Å². The molecule has 0 unspecified atom stereocenters. The fraction of sp³-hybridized carbons (Fsp3) is 0.281. The van der Waals surface area contributed by atoms with Crippen LogP contribution in [-0.4, -0.2) is 39.8 Å². The smallest absolute Gasteiger partial charge is 0.332 e. The quantitative estimate of drug-likeness (QED) is 0.321. The standard InChI is InChI=1S/C32H29FN4O3/c33-20-16-14-19(15-17-20)29-28-24(22-10-4-6-12-25(22)35-28)18-27-31(39)37(32(40)36(27)29)26-13-7-5-11-23(26)30(38)34-21-8-2-1-3-9-21/h4-7,10-17,21,27,29,35H,1-3,8-9,18H2,(H,34,38)/t27-,29-/m0/s1. The van der Waals surface area contributed by atoms with E-state index in [2.05, 4.69) is 10.3 Å². The Morgan fingerprint density at radius 2 is 1.62 bits per heavy atom. The highest BCUT2D eigenvalue weighted by molar-refractivity contribution is 6.24. The number of nitrogens with one attached hydrogen (secondary N) is 2. The minimum Gasteiger partial charge on any atom is -0.356 e. The third-order valence-corrected chi connectivity index (χ3v) is 8.56. The highest BCUT2D eigenvalue weighted by Gasteiger charge is 2.53. The number of imide groups is 1. The Balaban J connectivity index is 1.30. The fourth-order valence-corrected chi connectivity index (χ4v) is 6.66. The molecular weight excluding hydrogens is 507 g/mol. The molecule has 4 aromatic rings. The van der Waals surface area contributed by atoms with E-state index >= 15 is 0 Å². The molecule has 202 valence electrons. The second kappa shape index (κ2) is 9.62. The number of benzene rings is 3. The molecule has 3 aliphatic rings. The van der Waals surface area contributed by atoms with Gasteiger partial charge in [-0.1, -0.05) is 61.7 Å². The van der Waals surface area contributed by atoms with Crippen LogP contribution >= 0.6 is 0 Å². The molecule has 1 aromatic heterocycles. The van der Waals surface area contributed by atoms with Gasteiger partial charge in [0.2, 0.25) is 0 Å². The van der Waals surface area contributed by atoms with E-state index in [4.69, 9.17) is 0 Å². The third kappa shape index (κ3) is 3.89. The number of amides is 4. The van der Waals surface area contributed by atoms with E-state index in [0.717, 1.165) is 52.7 Å². The number of anilines is 1. The molecule has 40 heavy (non-hydrogen) atoms. The number of fused-ring (bicyclic) bond motifs is 4. The van der Waals surface area contributed by atoms with Crippen molar-refractivity contribution in [1.29, 1.82) is 0 Å². The highest BCUT2D eigenvalue weighted by Crippen LogP contribution is 2.45. The van der Waals surface area contributed by atoms with Gasteiger partial charge in [-0.25, -0.2) is 14.1 Å². The van der Waals surface area contributed by atoms with Crippen molar-refractivity contribution in [2.75, 3.05) is 4.90 Å². The van der Waals surface area contributed by atoms with Crippen LogP contribution in [0.1, 0.15) is 65.3 Å². The Bertz CT molecular complexity index is 1640. The Kier molecular flexibility index (Phi) is 5.91. The number of rotatable bonds is 4. The summed E-state index contributed by atoms with van der Waals surface area (Å²) in [5.41, 5.74) is 3.99. The van der Waals surface area contributed by atoms with E-state index in [1.54, 1.807) is 41.3 Å². The van der Waals surface area contributed by atoms with Gasteiger partial charge in [-0.2, -0.15) is 0 Å². The predicted molar refractivity (Wildman–Crippen MR) is 150 cm³/mol. The molecule has 3 heterocycles. The van der Waals surface area contributed by atoms with Crippen LogP contribution in [0, 0.1) is 5.82 Å². The van der Waals surface area contributed by atoms with Crippen molar-refractivity contribution in [3.63, 3.8) is 0 Å². The second-order valence-corrected chi connectivity index (χ2v) is 10.9. The minimum absolute atomic E-state index is 0.0896. The summed E-state index contributed by atoms with van der Waals surface area (Å²) < 4.78 is 13.9. The molecule has 1 saturated heterocycles. The van der Waals surface area contributed by atoms with Crippen molar-refractivity contribution < 1.29 is 18.8 Å². The largest absolute Gasteiger partial charge is 0.356 e. The van der Waals surface area contributed by atoms with E-state index in [-0.39, 0.29) is 29.4 Å². The summed E-state index contributed by atoms with van der Waals surface area (Å²) in [6, 6.07) is 18.9. The number of H-pyrrole nitrogens is 1. The summed E-state index contributed by atoms with van der Waals surface area (Å²) in [4.78, 5) is 47.9. The number of aromatic nitrogens is 1. The van der Waals surface area contributed by atoms with Crippen LogP contribution in [0.3, 0.4) is 0 Å². The van der Waals surface area contributed by atoms with Gasteiger partial charge in [0, 0.05) is 29.1 Å². The molecule has 2 atom stereocenters. The average Bonchev–Trinajstić information content (AvgIpc) is 3.47. The summed E-state index contributed by atoms with van der Waals surface area (Å²) >= 11 is 0. The first-order valence-corrected chi connectivity index (χ1v) is 13.9. The summed E-state index contributed by atoms with van der Waals surface area (Å²) in [5.74, 6) is -1.03. The van der Waals surface area contributed by atoms with Crippen molar-refractivity contribution >= 4 is 34.4 Å². The molecule has 1 aliphatic carbocycles. The second-order valence-electron chi connectivity index (χ2n) is 10.9. The summed E-state index contributed by atoms with van der Waals surface area (Å²) in [5, 5.41) is 4.11. The zero-order valence-electron chi connectivity index (χ0n) is 21.9. The monoisotopic (exact) mass is 536 g/mol. The van der Waals surface area contributed by atoms with Gasteiger partial charge in [0.05, 0.1) is 11.3 Å². The lowest BCUT2D eigenvalue weighted by Crippen LogP contribution is -2.44. The van der Waals surface area contributed by atoms with E-state index < -0.39 is 18.1 Å². The lowest BCUT2D eigenvalue weighted by molar-refractivity contribution is -0.120. The first-order chi connectivity index (χ1) is 19.5. The molecule has 3 aromatic carbocycles. The number of hydrogen-bond donors (Lipinski definition) is 2. The normalized spacial score (nSPS) is 21.0. The van der Waals surface area contributed by atoms with Gasteiger partial charge in [0.25, 0.3) is 11.8 Å². The molecule has 0 radical (unpaired) electrons. The van der Waals surface area contributed by atoms with Crippen LogP contribution in [0.25, 0.3) is 10.9 Å². The molecule has 7 nitrogen and oxygen atoms in total. The topological polar surface area (TPSA) is 85.5 Å². The number of nitrogens with zero attached hydrogens (tertiary/aromatic N) is 2. The van der Waals surface area contributed by atoms with E-state index in [0.29, 0.717) is 17.5 Å². The molecule has 2 aliphatic heterocycles. The van der Waals surface area contributed by atoms with E-state index in [9.17, 15) is 18.8 Å².